The van der Waals surface area contributed by atoms with Crippen LogP contribution < -0.4 is 24.7 Å². The molecule has 2 saturated heterocycles. The zero-order valence-corrected chi connectivity index (χ0v) is 28.4. The van der Waals surface area contributed by atoms with E-state index in [9.17, 15) is 14.4 Å². The summed E-state index contributed by atoms with van der Waals surface area (Å²) in [7, 11) is 0. The lowest BCUT2D eigenvalue weighted by Crippen LogP contribution is -2.39. The molecule has 0 N–H and O–H groups in total. The molecule has 1 saturated carbocycles. The number of fused-ring (bicyclic) bond motifs is 5. The Morgan fingerprint density at radius 2 is 1.85 bits per heavy atom. The van der Waals surface area contributed by atoms with E-state index in [2.05, 4.69) is 10.3 Å². The van der Waals surface area contributed by atoms with Gasteiger partial charge in [-0.05, 0) is 43.0 Å². The lowest BCUT2D eigenvalue weighted by Gasteiger charge is -2.34. The molecule has 1 amide bonds. The molecule has 1 aliphatic carbocycles. The number of hydrogen-bond acceptors (Lipinski definition) is 10. The van der Waals surface area contributed by atoms with Crippen molar-refractivity contribution in [2.75, 3.05) is 36.1 Å². The molecular formula is C38H34F2N6O7. The summed E-state index contributed by atoms with van der Waals surface area (Å²) in [5.41, 5.74) is 1.08. The second kappa shape index (κ2) is 13.2. The van der Waals surface area contributed by atoms with E-state index in [4.69, 9.17) is 18.9 Å². The first-order valence-corrected chi connectivity index (χ1v) is 17.6. The number of pyridine rings is 1. The van der Waals surface area contributed by atoms with Crippen molar-refractivity contribution in [3.8, 4) is 11.5 Å². The maximum atomic E-state index is 16.1. The third-order valence-electron chi connectivity index (χ3n) is 10.2. The fraction of sp³-hybridized carbons (Fsp3) is 0.342. The molecule has 0 radical (unpaired) electrons. The van der Waals surface area contributed by atoms with E-state index in [0.717, 1.165) is 18.4 Å². The molecule has 3 aromatic carbocycles. The quantitative estimate of drug-likeness (QED) is 0.176. The number of carbonyl (C=O) groups excluding carboxylic acids is 2. The molecule has 9 rings (SSSR count). The van der Waals surface area contributed by atoms with Crippen LogP contribution in [0.2, 0.25) is 0 Å². The van der Waals surface area contributed by atoms with Crippen LogP contribution in [0.25, 0.3) is 10.9 Å². The van der Waals surface area contributed by atoms with Gasteiger partial charge in [-0.1, -0.05) is 35.5 Å². The Balaban J connectivity index is 0.907. The number of rotatable bonds is 10. The number of nitrogens with zero attached hydrogens (tertiary/aromatic N) is 6. The van der Waals surface area contributed by atoms with E-state index >= 15 is 8.78 Å². The van der Waals surface area contributed by atoms with Gasteiger partial charge in [-0.25, -0.2) is 23.1 Å². The van der Waals surface area contributed by atoms with Crippen molar-refractivity contribution in [3.63, 3.8) is 0 Å². The van der Waals surface area contributed by atoms with Crippen LogP contribution in [0, 0.1) is 17.6 Å². The van der Waals surface area contributed by atoms with Gasteiger partial charge in [0.15, 0.2) is 23.1 Å². The molecule has 1 unspecified atom stereocenters. The monoisotopic (exact) mass is 724 g/mol. The number of aromatic nitrogens is 4. The highest BCUT2D eigenvalue weighted by Crippen LogP contribution is 2.48. The molecule has 53 heavy (non-hydrogen) atoms. The zero-order chi connectivity index (χ0) is 36.2. The Kier molecular flexibility index (Phi) is 8.19. The summed E-state index contributed by atoms with van der Waals surface area (Å²) in [6.45, 7) is 1.41. The Morgan fingerprint density at radius 1 is 1.00 bits per heavy atom. The number of halogens is 2. The fourth-order valence-corrected chi connectivity index (χ4v) is 7.53. The molecule has 272 valence electrons. The number of ether oxygens (including phenoxy) is 4. The summed E-state index contributed by atoms with van der Waals surface area (Å²) in [6, 6.07) is 14.6. The topological polar surface area (TPSA) is 130 Å². The van der Waals surface area contributed by atoms with Crippen LogP contribution in [0.3, 0.4) is 0 Å². The van der Waals surface area contributed by atoms with Gasteiger partial charge in [0.2, 0.25) is 5.43 Å². The number of carbonyl (C=O) groups is 2. The van der Waals surface area contributed by atoms with Gasteiger partial charge in [0.25, 0.3) is 0 Å². The van der Waals surface area contributed by atoms with Gasteiger partial charge in [0.05, 0.1) is 48.5 Å². The maximum absolute atomic E-state index is 16.1. The van der Waals surface area contributed by atoms with Crippen molar-refractivity contribution in [3.05, 3.63) is 106 Å². The molecule has 0 spiro atoms. The second-order valence-electron chi connectivity index (χ2n) is 13.9. The summed E-state index contributed by atoms with van der Waals surface area (Å²) < 4.78 is 57.9. The third-order valence-corrected chi connectivity index (χ3v) is 10.2. The summed E-state index contributed by atoms with van der Waals surface area (Å²) in [5, 5.41) is 7.71. The highest BCUT2D eigenvalue weighted by atomic mass is 19.1. The summed E-state index contributed by atoms with van der Waals surface area (Å²) in [5.74, 6) is -1.80. The molecule has 3 atom stereocenters. The standard InChI is InChI=1S/C38H34F2N6O7/c39-30-13-25(46-17-27(53-38(46)49)16-43-11-10-41-42-43)8-9-32(30)50-20-23-12-26-21-51-36-33-28(14-31(40)34(36)44(26)15-23)35(47)29(18-45(33)24-6-7-24)37(48)52-19-22-4-2-1-3-5-22/h1-5,8-11,13-14,18,23-24,26-27H,6-7,12,15-17,19-21H2/t23?,26-,27-/m0/s1. The van der Waals surface area contributed by atoms with Crippen molar-refractivity contribution in [2.45, 2.75) is 50.6 Å². The number of hydrogen-bond donors (Lipinski definition) is 0. The van der Waals surface area contributed by atoms with Gasteiger partial charge >= 0.3 is 12.1 Å². The minimum atomic E-state index is -0.769. The predicted octanol–water partition coefficient (Wildman–Crippen LogP) is 5.25. The van der Waals surface area contributed by atoms with Crippen LogP contribution in [0.1, 0.15) is 41.2 Å². The van der Waals surface area contributed by atoms with Gasteiger partial charge in [-0.2, -0.15) is 0 Å². The van der Waals surface area contributed by atoms with E-state index in [0.29, 0.717) is 30.7 Å². The van der Waals surface area contributed by atoms with Gasteiger partial charge in [0, 0.05) is 37.0 Å². The number of cyclic esters (lactones) is 1. The normalized spacial score (nSPS) is 20.6. The summed E-state index contributed by atoms with van der Waals surface area (Å²) >= 11 is 0. The summed E-state index contributed by atoms with van der Waals surface area (Å²) in [6.07, 6.45) is 5.99. The highest BCUT2D eigenvalue weighted by Gasteiger charge is 2.41. The van der Waals surface area contributed by atoms with Gasteiger partial charge in [-0.3, -0.25) is 9.69 Å². The molecule has 5 heterocycles. The minimum Gasteiger partial charge on any atom is -0.490 e. The zero-order valence-electron chi connectivity index (χ0n) is 28.4. The van der Waals surface area contributed by atoms with Crippen molar-refractivity contribution < 1.29 is 37.3 Å². The Hall–Kier alpha value is -5.99. The number of benzene rings is 3. The first kappa shape index (κ1) is 32.9. The highest BCUT2D eigenvalue weighted by molar-refractivity contribution is 5.98. The largest absolute Gasteiger partial charge is 0.490 e. The molecule has 5 aromatic rings. The second-order valence-corrected chi connectivity index (χ2v) is 13.9. The van der Waals surface area contributed by atoms with Crippen molar-refractivity contribution in [2.24, 2.45) is 5.92 Å². The van der Waals surface area contributed by atoms with Crippen LogP contribution in [-0.2, 0) is 22.6 Å². The van der Waals surface area contributed by atoms with Crippen LogP contribution in [0.15, 0.2) is 78.0 Å². The predicted molar refractivity (Wildman–Crippen MR) is 186 cm³/mol. The lowest BCUT2D eigenvalue weighted by atomic mass is 10.1. The molecule has 4 aliphatic rings. The van der Waals surface area contributed by atoms with Gasteiger partial charge in [-0.15, -0.1) is 5.10 Å². The molecule has 0 bridgehead atoms. The van der Waals surface area contributed by atoms with Crippen LogP contribution in [0.5, 0.6) is 11.5 Å². The van der Waals surface area contributed by atoms with E-state index in [-0.39, 0.29) is 72.5 Å². The van der Waals surface area contributed by atoms with Gasteiger partial charge < -0.3 is 28.4 Å². The average molecular weight is 725 g/mol. The molecule has 2 aromatic heterocycles. The smallest absolute Gasteiger partial charge is 0.414 e. The number of esters is 1. The molecule has 3 aliphatic heterocycles. The molecular weight excluding hydrogens is 690 g/mol. The first-order chi connectivity index (χ1) is 25.8. The minimum absolute atomic E-state index is 0.00314. The Labute approximate surface area is 301 Å². The van der Waals surface area contributed by atoms with E-state index in [1.54, 1.807) is 16.9 Å². The Bertz CT molecular complexity index is 2280. The van der Waals surface area contributed by atoms with E-state index in [1.807, 2.05) is 39.8 Å². The molecule has 13 nitrogen and oxygen atoms in total. The van der Waals surface area contributed by atoms with Crippen molar-refractivity contribution >= 4 is 34.3 Å². The van der Waals surface area contributed by atoms with E-state index in [1.165, 1.54) is 35.5 Å². The molecule has 3 fully saturated rings. The average Bonchev–Trinajstić information content (AvgIpc) is 3.51. The first-order valence-electron chi connectivity index (χ1n) is 17.6. The van der Waals surface area contributed by atoms with Crippen LogP contribution in [0.4, 0.5) is 25.0 Å². The van der Waals surface area contributed by atoms with Gasteiger partial charge in [0.1, 0.15) is 30.6 Å². The fourth-order valence-electron chi connectivity index (χ4n) is 7.53. The lowest BCUT2D eigenvalue weighted by molar-refractivity contribution is 0.0470. The van der Waals surface area contributed by atoms with Crippen LogP contribution in [-0.4, -0.2) is 70.1 Å². The van der Waals surface area contributed by atoms with Crippen molar-refractivity contribution in [1.29, 1.82) is 0 Å². The third kappa shape index (κ3) is 6.19. The SMILES string of the molecule is O=C(OCc1ccccc1)c1cn(C2CC2)c2c3c(c(F)cc2c1=O)N1CC(COc2ccc(N4C[C@H](Cn5ccnn5)OC4=O)cc2F)C[C@H]1CO3. The van der Waals surface area contributed by atoms with Crippen molar-refractivity contribution in [1.82, 2.24) is 19.6 Å². The Morgan fingerprint density at radius 3 is 2.62 bits per heavy atom. The number of amides is 1. The maximum Gasteiger partial charge on any atom is 0.414 e. The van der Waals surface area contributed by atoms with Crippen LogP contribution >= 0.6 is 0 Å². The number of anilines is 2. The molecule has 15 heteroatoms. The summed E-state index contributed by atoms with van der Waals surface area (Å²) in [4.78, 5) is 42.7. The van der Waals surface area contributed by atoms with E-state index < -0.39 is 35.2 Å².